The molecule has 2 N–H and O–H groups in total. The molecule has 3 aromatic rings. The highest BCUT2D eigenvalue weighted by Gasteiger charge is 2.35. The summed E-state index contributed by atoms with van der Waals surface area (Å²) < 4.78 is 52.2. The predicted molar refractivity (Wildman–Crippen MR) is 139 cm³/mol. The number of hydrogen-bond acceptors (Lipinski definition) is 8. The zero-order valence-electron chi connectivity index (χ0n) is 20.7. The van der Waals surface area contributed by atoms with Crippen molar-refractivity contribution in [3.63, 3.8) is 0 Å². The Morgan fingerprint density at radius 2 is 1.97 bits per heavy atom. The molecule has 4 heterocycles. The smallest absolute Gasteiger partial charge is 0.152 e. The number of nitrogens with zero attached hydrogens (tertiary/aromatic N) is 4. The van der Waals surface area contributed by atoms with Gasteiger partial charge in [-0.2, -0.15) is 0 Å². The van der Waals surface area contributed by atoms with Crippen molar-refractivity contribution >= 4 is 26.7 Å². The van der Waals surface area contributed by atoms with E-state index in [0.29, 0.717) is 59.3 Å². The molecule has 11 heteroatoms. The highest BCUT2D eigenvalue weighted by atomic mass is 32.2. The van der Waals surface area contributed by atoms with Gasteiger partial charge in [0.1, 0.15) is 36.0 Å². The predicted octanol–water partition coefficient (Wildman–Crippen LogP) is 3.06. The van der Waals surface area contributed by atoms with Gasteiger partial charge in [-0.05, 0) is 49.8 Å². The van der Waals surface area contributed by atoms with Crippen molar-refractivity contribution < 1.29 is 22.3 Å². The Labute approximate surface area is 215 Å². The number of halogens is 1. The lowest BCUT2D eigenvalue weighted by Gasteiger charge is -2.40. The summed E-state index contributed by atoms with van der Waals surface area (Å²) in [6.07, 6.45) is 7.34. The van der Waals surface area contributed by atoms with Crippen LogP contribution in [0.2, 0.25) is 0 Å². The summed E-state index contributed by atoms with van der Waals surface area (Å²) in [5.74, 6) is 1.50. The summed E-state index contributed by atoms with van der Waals surface area (Å²) in [4.78, 5) is 10.9. The third-order valence-corrected chi connectivity index (χ3v) is 9.49. The Bertz CT molecular complexity index is 1390. The van der Waals surface area contributed by atoms with Crippen LogP contribution in [0.3, 0.4) is 0 Å². The molecule has 1 aromatic carbocycles. The van der Waals surface area contributed by atoms with Crippen LogP contribution >= 0.6 is 0 Å². The third-order valence-electron chi connectivity index (χ3n) is 7.88. The number of rotatable bonds is 7. The number of ether oxygens (including phenoxy) is 2. The van der Waals surface area contributed by atoms with Gasteiger partial charge in [0.15, 0.2) is 9.84 Å². The van der Waals surface area contributed by atoms with Gasteiger partial charge >= 0.3 is 0 Å². The molecular weight excluding hydrogens is 497 g/mol. The minimum absolute atomic E-state index is 0.0698. The van der Waals surface area contributed by atoms with Crippen molar-refractivity contribution in [1.82, 2.24) is 19.4 Å². The Balaban J connectivity index is 1.22. The van der Waals surface area contributed by atoms with Crippen LogP contribution in [-0.4, -0.2) is 78.3 Å². The number of aromatic nitrogens is 3. The fraction of sp³-hybridized carbons (Fsp3) is 0.538. The van der Waals surface area contributed by atoms with E-state index in [1.54, 1.807) is 12.1 Å². The fourth-order valence-corrected chi connectivity index (χ4v) is 7.01. The summed E-state index contributed by atoms with van der Waals surface area (Å²) >= 11 is 0. The van der Waals surface area contributed by atoms with Crippen molar-refractivity contribution in [2.45, 2.75) is 37.8 Å². The Hall–Kier alpha value is -2.76. The lowest BCUT2D eigenvalue weighted by Crippen LogP contribution is -2.44. The maximum Gasteiger partial charge on any atom is 0.152 e. The molecule has 198 valence electrons. The number of nitrogen functional groups attached to an aromatic ring is 1. The first-order valence-electron chi connectivity index (χ1n) is 12.9. The Morgan fingerprint density at radius 1 is 1.16 bits per heavy atom. The lowest BCUT2D eigenvalue weighted by molar-refractivity contribution is 0.0679. The highest BCUT2D eigenvalue weighted by molar-refractivity contribution is 7.91. The van der Waals surface area contributed by atoms with Crippen LogP contribution < -0.4 is 10.5 Å². The Morgan fingerprint density at radius 3 is 2.73 bits per heavy atom. The van der Waals surface area contributed by atoms with Crippen LogP contribution in [0.15, 0.2) is 30.7 Å². The molecule has 6 rings (SSSR count). The zero-order chi connectivity index (χ0) is 25.6. The molecule has 1 saturated carbocycles. The van der Waals surface area contributed by atoms with E-state index in [0.717, 1.165) is 38.8 Å². The second-order valence-electron chi connectivity index (χ2n) is 10.4. The third kappa shape index (κ3) is 5.04. The molecule has 2 saturated heterocycles. The molecule has 1 aliphatic carbocycles. The normalized spacial score (nSPS) is 25.8. The van der Waals surface area contributed by atoms with E-state index in [-0.39, 0.29) is 29.5 Å². The monoisotopic (exact) mass is 529 g/mol. The number of sulfone groups is 1. The molecular formula is C26H32FN5O4S. The largest absolute Gasteiger partial charge is 0.491 e. The van der Waals surface area contributed by atoms with Crippen molar-refractivity contribution in [3.05, 3.63) is 36.5 Å². The van der Waals surface area contributed by atoms with Crippen LogP contribution in [0.25, 0.3) is 22.2 Å². The first-order valence-corrected chi connectivity index (χ1v) is 14.8. The summed E-state index contributed by atoms with van der Waals surface area (Å²) in [5, 5.41) is 0.641. The van der Waals surface area contributed by atoms with Crippen LogP contribution in [0.4, 0.5) is 10.2 Å². The van der Waals surface area contributed by atoms with E-state index in [9.17, 15) is 8.42 Å². The van der Waals surface area contributed by atoms with Crippen molar-refractivity contribution in [3.8, 4) is 16.9 Å². The lowest BCUT2D eigenvalue weighted by atomic mass is 9.79. The molecule has 0 unspecified atom stereocenters. The molecule has 1 atom stereocenters. The van der Waals surface area contributed by atoms with Crippen molar-refractivity contribution in [2.24, 2.45) is 5.92 Å². The SMILES string of the molecule is Nc1ncnc2c1c(-c1cc(OC[C@H]3CCCO3)ccc1F)cn2C1CC(CN2CCS(=O)(=O)CC2)C1. The van der Waals surface area contributed by atoms with E-state index in [4.69, 9.17) is 15.2 Å². The quantitative estimate of drug-likeness (QED) is 0.497. The van der Waals surface area contributed by atoms with Gasteiger partial charge in [-0.3, -0.25) is 0 Å². The standard InChI is InChI=1S/C26H32FN5O4S/c27-23-4-3-19(36-15-20-2-1-7-35-20)12-21(23)22-14-32(26-24(22)25(28)29-16-30-26)18-10-17(11-18)13-31-5-8-37(33,34)9-6-31/h3-4,12,14,16-18,20H,1-2,5-11,13,15H2,(H2,28,29,30)/t17?,18?,20-/m1/s1. The number of nitrogens with two attached hydrogens (primary N) is 1. The average Bonchev–Trinajstić information content (AvgIpc) is 3.50. The van der Waals surface area contributed by atoms with Gasteiger partial charge in [0.25, 0.3) is 0 Å². The van der Waals surface area contributed by atoms with Crippen LogP contribution in [0, 0.1) is 11.7 Å². The highest BCUT2D eigenvalue weighted by Crippen LogP contribution is 2.44. The summed E-state index contributed by atoms with van der Waals surface area (Å²) in [6, 6.07) is 4.98. The topological polar surface area (TPSA) is 113 Å². The van der Waals surface area contributed by atoms with E-state index in [1.165, 1.54) is 12.4 Å². The average molecular weight is 530 g/mol. The van der Waals surface area contributed by atoms with Gasteiger partial charge in [-0.15, -0.1) is 0 Å². The molecule has 0 amide bonds. The van der Waals surface area contributed by atoms with Gasteiger partial charge in [-0.25, -0.2) is 22.8 Å². The first kappa shape index (κ1) is 24.6. The molecule has 2 aromatic heterocycles. The molecule has 0 spiro atoms. The summed E-state index contributed by atoms with van der Waals surface area (Å²) in [6.45, 7) is 3.30. The Kier molecular flexibility index (Phi) is 6.54. The summed E-state index contributed by atoms with van der Waals surface area (Å²) in [5.41, 5.74) is 8.03. The molecule has 9 nitrogen and oxygen atoms in total. The van der Waals surface area contributed by atoms with E-state index >= 15 is 4.39 Å². The van der Waals surface area contributed by atoms with Gasteiger partial charge < -0.3 is 24.7 Å². The number of fused-ring (bicyclic) bond motifs is 1. The second-order valence-corrected chi connectivity index (χ2v) is 12.7. The molecule has 37 heavy (non-hydrogen) atoms. The maximum absolute atomic E-state index is 15.1. The zero-order valence-corrected chi connectivity index (χ0v) is 21.5. The first-order chi connectivity index (χ1) is 17.9. The van der Waals surface area contributed by atoms with Crippen LogP contribution in [0.5, 0.6) is 5.75 Å². The molecule has 3 fully saturated rings. The molecule has 0 radical (unpaired) electrons. The maximum atomic E-state index is 15.1. The molecule has 0 bridgehead atoms. The van der Waals surface area contributed by atoms with E-state index in [2.05, 4.69) is 19.4 Å². The van der Waals surface area contributed by atoms with Crippen molar-refractivity contribution in [1.29, 1.82) is 0 Å². The van der Waals surface area contributed by atoms with Crippen LogP contribution in [-0.2, 0) is 14.6 Å². The van der Waals surface area contributed by atoms with Crippen LogP contribution in [0.1, 0.15) is 31.7 Å². The van der Waals surface area contributed by atoms with Crippen molar-refractivity contribution in [2.75, 3.05) is 50.1 Å². The molecule has 2 aliphatic heterocycles. The summed E-state index contributed by atoms with van der Waals surface area (Å²) in [7, 11) is -2.88. The van der Waals surface area contributed by atoms with Gasteiger partial charge in [0.2, 0.25) is 0 Å². The minimum atomic E-state index is -2.88. The van der Waals surface area contributed by atoms with E-state index < -0.39 is 9.84 Å². The second kappa shape index (κ2) is 9.85. The van der Waals surface area contributed by atoms with Gasteiger partial charge in [0, 0.05) is 49.6 Å². The minimum Gasteiger partial charge on any atom is -0.491 e. The van der Waals surface area contributed by atoms with E-state index in [1.807, 2.05) is 6.20 Å². The van der Waals surface area contributed by atoms with Gasteiger partial charge in [-0.1, -0.05) is 0 Å². The number of anilines is 1. The fourth-order valence-electron chi connectivity index (χ4n) is 5.73. The number of hydrogen-bond donors (Lipinski definition) is 1. The molecule has 3 aliphatic rings. The van der Waals surface area contributed by atoms with Gasteiger partial charge in [0.05, 0.1) is 23.0 Å². The number of benzene rings is 1.